The Morgan fingerprint density at radius 3 is 2.83 bits per heavy atom. The molecule has 0 spiro atoms. The lowest BCUT2D eigenvalue weighted by atomic mass is 9.93. The van der Waals surface area contributed by atoms with Crippen LogP contribution in [0.5, 0.6) is 0 Å². The maximum Gasteiger partial charge on any atom is 0.223 e. The lowest BCUT2D eigenvalue weighted by molar-refractivity contribution is -0.133. The van der Waals surface area contributed by atoms with Gasteiger partial charge < -0.3 is 15.0 Å². The van der Waals surface area contributed by atoms with Crippen LogP contribution in [0.1, 0.15) is 63.4 Å². The summed E-state index contributed by atoms with van der Waals surface area (Å²) in [6.45, 7) is 8.27. The van der Waals surface area contributed by atoms with E-state index in [0.717, 1.165) is 16.5 Å². The van der Waals surface area contributed by atoms with Crippen molar-refractivity contribution < 1.29 is 9.53 Å². The van der Waals surface area contributed by atoms with Crippen molar-refractivity contribution in [3.8, 4) is 0 Å². The predicted molar refractivity (Wildman–Crippen MR) is 112 cm³/mol. The topological polar surface area (TPSA) is 85.2 Å². The van der Waals surface area contributed by atoms with Crippen LogP contribution in [0.3, 0.4) is 0 Å². The zero-order valence-corrected chi connectivity index (χ0v) is 18.4. The molecule has 1 aliphatic carbocycles. The number of anilines is 1. The molecule has 2 aromatic heterocycles. The van der Waals surface area contributed by atoms with E-state index in [2.05, 4.69) is 40.5 Å². The van der Waals surface area contributed by atoms with Gasteiger partial charge in [-0.25, -0.2) is 4.98 Å². The van der Waals surface area contributed by atoms with E-state index in [1.54, 1.807) is 7.11 Å². The highest BCUT2D eigenvalue weighted by molar-refractivity contribution is 7.09. The number of methoxy groups -OCH3 is 1. The van der Waals surface area contributed by atoms with Gasteiger partial charge in [-0.2, -0.15) is 9.47 Å². The summed E-state index contributed by atoms with van der Waals surface area (Å²) < 4.78 is 11.5. The van der Waals surface area contributed by atoms with Crippen molar-refractivity contribution >= 4 is 22.6 Å². The van der Waals surface area contributed by atoms with Gasteiger partial charge in [-0.05, 0) is 33.6 Å². The Hall–Kier alpha value is -2.00. The predicted octanol–water partition coefficient (Wildman–Crippen LogP) is 3.06. The highest BCUT2D eigenvalue weighted by atomic mass is 32.1. The number of nitrogens with one attached hydrogen (secondary N) is 1. The van der Waals surface area contributed by atoms with Crippen LogP contribution in [-0.2, 0) is 16.1 Å². The zero-order chi connectivity index (χ0) is 20.6. The summed E-state index contributed by atoms with van der Waals surface area (Å²) in [6.07, 6.45) is 6.85. The molecular weight excluding hydrogens is 388 g/mol. The molecule has 1 saturated heterocycles. The highest BCUT2D eigenvalue weighted by Gasteiger charge is 2.45. The Kier molecular flexibility index (Phi) is 5.61. The number of aromatic nitrogens is 4. The Balaban J connectivity index is 1.52. The molecule has 0 bridgehead atoms. The lowest BCUT2D eigenvalue weighted by Gasteiger charge is -2.38. The zero-order valence-electron chi connectivity index (χ0n) is 17.6. The molecule has 0 radical (unpaired) electrons. The Morgan fingerprint density at radius 1 is 1.34 bits per heavy atom. The second kappa shape index (κ2) is 8.02. The fourth-order valence-corrected chi connectivity index (χ4v) is 4.72. The van der Waals surface area contributed by atoms with Crippen molar-refractivity contribution in [2.24, 2.45) is 5.92 Å². The second-order valence-corrected chi connectivity index (χ2v) is 9.74. The molecule has 4 rings (SSSR count). The lowest BCUT2D eigenvalue weighted by Crippen LogP contribution is -2.44. The summed E-state index contributed by atoms with van der Waals surface area (Å²) in [7, 11) is 1.69. The summed E-state index contributed by atoms with van der Waals surface area (Å²) in [5, 5.41) is 8.77. The molecule has 2 fully saturated rings. The van der Waals surface area contributed by atoms with Gasteiger partial charge in [-0.3, -0.25) is 9.48 Å². The fourth-order valence-electron chi connectivity index (χ4n) is 4.07. The molecule has 0 aromatic carbocycles. The SMILES string of the molecule is COCCn1cc([C@H]2[C@H](CNc3nc(C4CC4)ns3)CC(=O)N2C(C)(C)C)cn1. The van der Waals surface area contributed by atoms with Gasteiger partial charge in [0.15, 0.2) is 0 Å². The van der Waals surface area contributed by atoms with E-state index >= 15 is 0 Å². The number of nitrogens with zero attached hydrogens (tertiary/aromatic N) is 5. The quantitative estimate of drug-likeness (QED) is 0.709. The fraction of sp³-hybridized carbons (Fsp3) is 0.700. The molecule has 0 unspecified atom stereocenters. The number of likely N-dealkylation sites (tertiary alicyclic amines) is 1. The van der Waals surface area contributed by atoms with Gasteiger partial charge in [-0.15, -0.1) is 0 Å². The molecular formula is C20H30N6O2S. The minimum Gasteiger partial charge on any atom is -0.383 e. The summed E-state index contributed by atoms with van der Waals surface area (Å²) in [5.74, 6) is 1.86. The van der Waals surface area contributed by atoms with Crippen molar-refractivity contribution in [2.45, 2.75) is 64.1 Å². The molecule has 2 aromatic rings. The van der Waals surface area contributed by atoms with Gasteiger partial charge >= 0.3 is 0 Å². The minimum atomic E-state index is -0.257. The van der Waals surface area contributed by atoms with Crippen molar-refractivity contribution in [3.63, 3.8) is 0 Å². The number of rotatable bonds is 8. The van der Waals surface area contributed by atoms with E-state index in [1.165, 1.54) is 24.4 Å². The van der Waals surface area contributed by atoms with Crippen LogP contribution >= 0.6 is 11.5 Å². The Bertz CT molecular complexity index is 853. The normalized spacial score (nSPS) is 22.5. The largest absolute Gasteiger partial charge is 0.383 e. The van der Waals surface area contributed by atoms with Crippen LogP contribution in [0.4, 0.5) is 5.13 Å². The smallest absolute Gasteiger partial charge is 0.223 e. The molecule has 2 aliphatic rings. The molecule has 1 aliphatic heterocycles. The first-order valence-corrected chi connectivity index (χ1v) is 11.0. The Morgan fingerprint density at radius 2 is 2.14 bits per heavy atom. The molecule has 1 saturated carbocycles. The number of hydrogen-bond acceptors (Lipinski definition) is 7. The van der Waals surface area contributed by atoms with Crippen molar-refractivity contribution in [1.82, 2.24) is 24.0 Å². The van der Waals surface area contributed by atoms with E-state index in [4.69, 9.17) is 4.74 Å². The third-order valence-corrected chi connectivity index (χ3v) is 6.26. The minimum absolute atomic E-state index is 0.0119. The molecule has 2 atom stereocenters. The van der Waals surface area contributed by atoms with E-state index in [1.807, 2.05) is 22.0 Å². The van der Waals surface area contributed by atoms with Gasteiger partial charge in [0, 0.05) is 60.7 Å². The summed E-state index contributed by atoms with van der Waals surface area (Å²) in [6, 6.07) is -0.0119. The third-order valence-electron chi connectivity index (χ3n) is 5.57. The van der Waals surface area contributed by atoms with Gasteiger partial charge in [0.2, 0.25) is 11.0 Å². The molecule has 158 valence electrons. The number of hydrogen-bond donors (Lipinski definition) is 1. The van der Waals surface area contributed by atoms with Crippen LogP contribution in [0.2, 0.25) is 0 Å². The third kappa shape index (κ3) is 4.45. The first-order chi connectivity index (χ1) is 13.9. The summed E-state index contributed by atoms with van der Waals surface area (Å²) in [4.78, 5) is 19.6. The van der Waals surface area contributed by atoms with Gasteiger partial charge in [0.05, 0.1) is 25.4 Å². The van der Waals surface area contributed by atoms with Crippen molar-refractivity contribution in [1.29, 1.82) is 0 Å². The molecule has 8 nitrogen and oxygen atoms in total. The molecule has 9 heteroatoms. The van der Waals surface area contributed by atoms with Crippen LogP contribution < -0.4 is 5.32 Å². The maximum absolute atomic E-state index is 12.9. The van der Waals surface area contributed by atoms with Gasteiger partial charge in [-0.1, -0.05) is 0 Å². The van der Waals surface area contributed by atoms with Crippen molar-refractivity contribution in [3.05, 3.63) is 23.8 Å². The Labute approximate surface area is 175 Å². The van der Waals surface area contributed by atoms with Gasteiger partial charge in [0.25, 0.3) is 0 Å². The van der Waals surface area contributed by atoms with Crippen LogP contribution in [0, 0.1) is 5.92 Å². The second-order valence-electron chi connectivity index (χ2n) is 8.99. The molecule has 29 heavy (non-hydrogen) atoms. The van der Waals surface area contributed by atoms with Crippen LogP contribution in [-0.4, -0.2) is 55.7 Å². The first-order valence-electron chi connectivity index (χ1n) is 10.3. The van der Waals surface area contributed by atoms with E-state index in [0.29, 0.717) is 32.0 Å². The highest BCUT2D eigenvalue weighted by Crippen LogP contribution is 2.43. The summed E-state index contributed by atoms with van der Waals surface area (Å²) in [5.41, 5.74) is 0.817. The summed E-state index contributed by atoms with van der Waals surface area (Å²) >= 11 is 1.42. The number of ether oxygens (including phenoxy) is 1. The van der Waals surface area contributed by atoms with Crippen LogP contribution in [0.25, 0.3) is 0 Å². The monoisotopic (exact) mass is 418 g/mol. The van der Waals surface area contributed by atoms with E-state index in [-0.39, 0.29) is 23.4 Å². The number of carbonyl (C=O) groups excluding carboxylic acids is 1. The standard InChI is InChI=1S/C20H30N6O2S/c1-20(2,3)26-16(27)9-14(10-21-19-23-18(24-29-19)13-5-6-13)17(26)15-11-22-25(12-15)7-8-28-4/h11-14,17H,5-10H2,1-4H3,(H,21,23,24)/t14-,17+/m0/s1. The average Bonchev–Trinajstić information content (AvgIpc) is 3.09. The maximum atomic E-state index is 12.9. The van der Waals surface area contributed by atoms with E-state index in [9.17, 15) is 4.79 Å². The number of carbonyl (C=O) groups is 1. The van der Waals surface area contributed by atoms with E-state index < -0.39 is 0 Å². The average molecular weight is 419 g/mol. The van der Waals surface area contributed by atoms with Crippen molar-refractivity contribution in [2.75, 3.05) is 25.6 Å². The molecule has 1 N–H and O–H groups in total. The first kappa shape index (κ1) is 20.3. The number of amides is 1. The molecule has 1 amide bonds. The van der Waals surface area contributed by atoms with Gasteiger partial charge in [0.1, 0.15) is 5.82 Å². The van der Waals surface area contributed by atoms with Crippen LogP contribution in [0.15, 0.2) is 12.4 Å². The molecule has 3 heterocycles.